The van der Waals surface area contributed by atoms with Gasteiger partial charge in [-0.05, 0) is 84.0 Å². The van der Waals surface area contributed by atoms with E-state index in [1.54, 1.807) is 0 Å². The predicted molar refractivity (Wildman–Crippen MR) is 129 cm³/mol. The van der Waals surface area contributed by atoms with E-state index >= 15 is 0 Å². The maximum atomic E-state index is 12.9. The van der Waals surface area contributed by atoms with Gasteiger partial charge < -0.3 is 15.0 Å². The summed E-state index contributed by atoms with van der Waals surface area (Å²) in [5, 5.41) is 3.02. The number of para-hydroxylation sites is 2. The molecule has 6 heteroatoms. The smallest absolute Gasteiger partial charge is 0.253 e. The first-order chi connectivity index (χ1) is 15.1. The Morgan fingerprint density at radius 3 is 2.23 bits per heavy atom. The van der Waals surface area contributed by atoms with Gasteiger partial charge in [0.15, 0.2) is 5.75 Å². The van der Waals surface area contributed by atoms with Crippen molar-refractivity contribution in [3.8, 4) is 11.5 Å². The van der Waals surface area contributed by atoms with Gasteiger partial charge in [0.05, 0.1) is 5.69 Å². The van der Waals surface area contributed by atoms with Crippen molar-refractivity contribution >= 4 is 40.1 Å². The van der Waals surface area contributed by atoms with Crippen molar-refractivity contribution in [3.63, 3.8) is 0 Å². The van der Waals surface area contributed by atoms with Crippen LogP contribution in [0.5, 0.6) is 11.5 Å². The fourth-order valence-electron chi connectivity index (χ4n) is 3.63. The first-order valence-corrected chi connectivity index (χ1v) is 11.4. The summed E-state index contributed by atoms with van der Waals surface area (Å²) in [5.41, 5.74) is 1.33. The van der Waals surface area contributed by atoms with E-state index < -0.39 is 0 Å². The minimum absolute atomic E-state index is 0.0238. The van der Waals surface area contributed by atoms with Crippen LogP contribution in [0.25, 0.3) is 0 Å². The number of hydrogen-bond acceptors (Lipinski definition) is 3. The van der Waals surface area contributed by atoms with Crippen LogP contribution in [-0.2, 0) is 4.79 Å². The number of nitrogens with one attached hydrogen (secondary N) is 1. The van der Waals surface area contributed by atoms with Gasteiger partial charge in [0, 0.05) is 28.1 Å². The Morgan fingerprint density at radius 1 is 0.871 bits per heavy atom. The normalized spacial score (nSPS) is 14.2. The van der Waals surface area contributed by atoms with E-state index in [1.807, 2.05) is 83.8 Å². The third-order valence-corrected chi connectivity index (χ3v) is 6.08. The Hall–Kier alpha value is -2.87. The minimum Gasteiger partial charge on any atom is -0.455 e. The number of rotatable bonds is 5. The molecule has 0 aliphatic carbocycles. The molecule has 0 bridgehead atoms. The Kier molecular flexibility index (Phi) is 6.86. The highest BCUT2D eigenvalue weighted by molar-refractivity contribution is 14.1. The summed E-state index contributed by atoms with van der Waals surface area (Å²) in [4.78, 5) is 27.3. The second-order valence-corrected chi connectivity index (χ2v) is 8.72. The van der Waals surface area contributed by atoms with Crippen LogP contribution in [0.4, 0.5) is 5.69 Å². The summed E-state index contributed by atoms with van der Waals surface area (Å²) in [6, 6.07) is 24.5. The largest absolute Gasteiger partial charge is 0.455 e. The maximum Gasteiger partial charge on any atom is 0.253 e. The molecule has 1 aliphatic heterocycles. The summed E-state index contributed by atoms with van der Waals surface area (Å²) in [6.45, 7) is 1.15. The number of anilines is 1. The Balaban J connectivity index is 1.36. The first kappa shape index (κ1) is 21.4. The number of amides is 2. The summed E-state index contributed by atoms with van der Waals surface area (Å²) in [5.74, 6) is 1.18. The number of benzene rings is 3. The topological polar surface area (TPSA) is 58.6 Å². The summed E-state index contributed by atoms with van der Waals surface area (Å²) in [7, 11) is 0. The lowest BCUT2D eigenvalue weighted by Crippen LogP contribution is -2.41. The Bertz CT molecular complexity index is 1050. The third kappa shape index (κ3) is 5.44. The lowest BCUT2D eigenvalue weighted by Gasteiger charge is -2.31. The number of carbonyl (C=O) groups excluding carboxylic acids is 2. The molecule has 0 atom stereocenters. The van der Waals surface area contributed by atoms with Crippen LogP contribution in [0.3, 0.4) is 0 Å². The molecule has 4 rings (SSSR count). The predicted octanol–water partition coefficient (Wildman–Crippen LogP) is 5.57. The molecule has 31 heavy (non-hydrogen) atoms. The molecule has 2 amide bonds. The summed E-state index contributed by atoms with van der Waals surface area (Å²) in [6.07, 6.45) is 1.29. The van der Waals surface area contributed by atoms with Gasteiger partial charge in [-0.1, -0.05) is 30.3 Å². The van der Waals surface area contributed by atoms with E-state index in [9.17, 15) is 9.59 Å². The Labute approximate surface area is 195 Å². The number of ether oxygens (including phenoxy) is 1. The molecule has 1 aliphatic rings. The molecule has 5 nitrogen and oxygen atoms in total. The van der Waals surface area contributed by atoms with Crippen molar-refractivity contribution < 1.29 is 14.3 Å². The van der Waals surface area contributed by atoms with E-state index in [0.29, 0.717) is 42.9 Å². The van der Waals surface area contributed by atoms with Crippen LogP contribution in [0.1, 0.15) is 23.2 Å². The SMILES string of the molecule is O=C(Nc1ccccc1Oc1ccc(I)cc1)C1CCN(C(=O)c2ccccc2)CC1. The molecule has 0 radical (unpaired) electrons. The summed E-state index contributed by atoms with van der Waals surface area (Å²) >= 11 is 2.25. The van der Waals surface area contributed by atoms with Crippen LogP contribution < -0.4 is 10.1 Å². The van der Waals surface area contributed by atoms with Crippen molar-refractivity contribution in [3.05, 3.63) is 88.0 Å². The van der Waals surface area contributed by atoms with Crippen LogP contribution >= 0.6 is 22.6 Å². The molecule has 1 heterocycles. The van der Waals surface area contributed by atoms with Crippen LogP contribution in [-0.4, -0.2) is 29.8 Å². The van der Waals surface area contributed by atoms with E-state index in [0.717, 1.165) is 9.32 Å². The molecular formula is C25H23IN2O3. The van der Waals surface area contributed by atoms with Gasteiger partial charge >= 0.3 is 0 Å². The average molecular weight is 526 g/mol. The fourth-order valence-corrected chi connectivity index (χ4v) is 3.99. The zero-order valence-corrected chi connectivity index (χ0v) is 19.1. The number of hydrogen-bond donors (Lipinski definition) is 1. The molecule has 0 aromatic heterocycles. The van der Waals surface area contributed by atoms with E-state index in [-0.39, 0.29) is 17.7 Å². The summed E-state index contributed by atoms with van der Waals surface area (Å²) < 4.78 is 7.11. The highest BCUT2D eigenvalue weighted by atomic mass is 127. The molecule has 0 spiro atoms. The van der Waals surface area contributed by atoms with E-state index in [1.165, 1.54) is 0 Å². The van der Waals surface area contributed by atoms with Crippen molar-refractivity contribution in [2.45, 2.75) is 12.8 Å². The van der Waals surface area contributed by atoms with Gasteiger partial charge in [-0.3, -0.25) is 9.59 Å². The van der Waals surface area contributed by atoms with Crippen molar-refractivity contribution in [1.82, 2.24) is 4.90 Å². The zero-order chi connectivity index (χ0) is 21.6. The Morgan fingerprint density at radius 2 is 1.52 bits per heavy atom. The van der Waals surface area contributed by atoms with Crippen LogP contribution in [0.15, 0.2) is 78.9 Å². The van der Waals surface area contributed by atoms with Gasteiger partial charge in [0.25, 0.3) is 5.91 Å². The lowest BCUT2D eigenvalue weighted by molar-refractivity contribution is -0.121. The number of halogens is 1. The van der Waals surface area contributed by atoms with Crippen molar-refractivity contribution in [2.24, 2.45) is 5.92 Å². The third-order valence-electron chi connectivity index (χ3n) is 5.36. The second kappa shape index (κ2) is 9.96. The molecule has 1 N–H and O–H groups in total. The zero-order valence-electron chi connectivity index (χ0n) is 17.0. The first-order valence-electron chi connectivity index (χ1n) is 10.3. The lowest BCUT2D eigenvalue weighted by atomic mass is 9.95. The average Bonchev–Trinajstić information content (AvgIpc) is 2.82. The molecule has 0 unspecified atom stereocenters. The fraction of sp³-hybridized carbons (Fsp3) is 0.200. The molecule has 3 aromatic rings. The second-order valence-electron chi connectivity index (χ2n) is 7.47. The molecule has 3 aromatic carbocycles. The highest BCUT2D eigenvalue weighted by Crippen LogP contribution is 2.31. The quantitative estimate of drug-likeness (QED) is 0.442. The van der Waals surface area contributed by atoms with E-state index in [4.69, 9.17) is 4.74 Å². The molecular weight excluding hydrogens is 503 g/mol. The molecule has 1 saturated heterocycles. The van der Waals surface area contributed by atoms with Gasteiger partial charge in [0.1, 0.15) is 5.75 Å². The van der Waals surface area contributed by atoms with Gasteiger partial charge in [-0.25, -0.2) is 0 Å². The number of nitrogens with zero attached hydrogens (tertiary/aromatic N) is 1. The molecule has 1 fully saturated rings. The van der Waals surface area contributed by atoms with Crippen LogP contribution in [0, 0.1) is 9.49 Å². The van der Waals surface area contributed by atoms with E-state index in [2.05, 4.69) is 27.9 Å². The van der Waals surface area contributed by atoms with Gasteiger partial charge in [0.2, 0.25) is 5.91 Å². The van der Waals surface area contributed by atoms with Gasteiger partial charge in [-0.15, -0.1) is 0 Å². The molecule has 158 valence electrons. The highest BCUT2D eigenvalue weighted by Gasteiger charge is 2.28. The van der Waals surface area contributed by atoms with Crippen LogP contribution in [0.2, 0.25) is 0 Å². The molecule has 0 saturated carbocycles. The number of likely N-dealkylation sites (tertiary alicyclic amines) is 1. The number of carbonyl (C=O) groups is 2. The monoisotopic (exact) mass is 526 g/mol. The number of piperidine rings is 1. The maximum absolute atomic E-state index is 12.9. The van der Waals surface area contributed by atoms with Gasteiger partial charge in [-0.2, -0.15) is 0 Å². The standard InChI is InChI=1S/C25H23IN2O3/c26-20-10-12-21(13-11-20)31-23-9-5-4-8-22(23)27-24(29)18-14-16-28(17-15-18)25(30)19-6-2-1-3-7-19/h1-13,18H,14-17H2,(H,27,29). The van der Waals surface area contributed by atoms with Crippen molar-refractivity contribution in [2.75, 3.05) is 18.4 Å². The van der Waals surface area contributed by atoms with Crippen molar-refractivity contribution in [1.29, 1.82) is 0 Å². The minimum atomic E-state index is -0.133.